The molecule has 0 saturated carbocycles. The van der Waals surface area contributed by atoms with Gasteiger partial charge in [-0.2, -0.15) is 4.98 Å². The highest BCUT2D eigenvalue weighted by molar-refractivity contribution is 8.00. The zero-order chi connectivity index (χ0) is 25.1. The summed E-state index contributed by atoms with van der Waals surface area (Å²) in [5.74, 6) is 3.20. The topological polar surface area (TPSA) is 82.6 Å². The molecule has 1 aliphatic rings. The Kier molecular flexibility index (Phi) is 6.77. The summed E-state index contributed by atoms with van der Waals surface area (Å²) in [6.45, 7) is 2.05. The van der Waals surface area contributed by atoms with Crippen LogP contribution in [0.1, 0.15) is 16.7 Å². The number of aryl methyl sites for hydroxylation is 1. The van der Waals surface area contributed by atoms with Gasteiger partial charge in [-0.25, -0.2) is 4.98 Å². The van der Waals surface area contributed by atoms with E-state index in [1.165, 1.54) is 11.8 Å². The van der Waals surface area contributed by atoms with Crippen LogP contribution in [0.25, 0.3) is 11.4 Å². The summed E-state index contributed by atoms with van der Waals surface area (Å²) >= 11 is 1.36. The Morgan fingerprint density at radius 3 is 2.61 bits per heavy atom. The van der Waals surface area contributed by atoms with Gasteiger partial charge in [-0.05, 0) is 55.0 Å². The van der Waals surface area contributed by atoms with E-state index < -0.39 is 0 Å². The van der Waals surface area contributed by atoms with Crippen LogP contribution in [0, 0.1) is 6.92 Å². The lowest BCUT2D eigenvalue weighted by Crippen LogP contribution is -2.15. The van der Waals surface area contributed by atoms with Crippen molar-refractivity contribution in [1.29, 1.82) is 0 Å². The lowest BCUT2D eigenvalue weighted by molar-refractivity contribution is -0.113. The summed E-state index contributed by atoms with van der Waals surface area (Å²) in [4.78, 5) is 22.4. The standard InChI is InChI=1S/C28H25N3O4S/c1-17-8-13-23-19(14-17)15-21-27(35-23)30-26(18-9-11-20(33-2)12-10-18)31-28(21)36-16-25(32)29-22-6-4-5-7-24(22)34-3/h4-14H,15-16H2,1-3H3,(H,29,32). The minimum Gasteiger partial charge on any atom is -0.497 e. The molecule has 1 aromatic heterocycles. The molecule has 8 heteroatoms. The third kappa shape index (κ3) is 4.99. The highest BCUT2D eigenvalue weighted by Crippen LogP contribution is 2.41. The van der Waals surface area contributed by atoms with E-state index in [-0.39, 0.29) is 11.7 Å². The van der Waals surface area contributed by atoms with Crippen LogP contribution in [0.15, 0.2) is 71.8 Å². The van der Waals surface area contributed by atoms with E-state index in [9.17, 15) is 4.79 Å². The van der Waals surface area contributed by atoms with Crippen molar-refractivity contribution >= 4 is 23.4 Å². The number of carbonyl (C=O) groups excluding carboxylic acids is 1. The van der Waals surface area contributed by atoms with Crippen molar-refractivity contribution in [2.24, 2.45) is 0 Å². The summed E-state index contributed by atoms with van der Waals surface area (Å²) in [7, 11) is 3.20. The van der Waals surface area contributed by atoms with Crippen molar-refractivity contribution in [3.63, 3.8) is 0 Å². The lowest BCUT2D eigenvalue weighted by atomic mass is 10.0. The molecule has 5 rings (SSSR count). The molecule has 1 aliphatic heterocycles. The Bertz CT molecular complexity index is 1420. The molecule has 182 valence electrons. The molecule has 3 aromatic carbocycles. The van der Waals surface area contributed by atoms with Gasteiger partial charge in [0, 0.05) is 12.0 Å². The molecule has 0 aliphatic carbocycles. The van der Waals surface area contributed by atoms with Gasteiger partial charge >= 0.3 is 0 Å². The molecule has 0 bridgehead atoms. The Morgan fingerprint density at radius 1 is 1.03 bits per heavy atom. The molecule has 4 aromatic rings. The fourth-order valence-electron chi connectivity index (χ4n) is 3.98. The molecule has 2 heterocycles. The number of nitrogens with one attached hydrogen (secondary N) is 1. The molecular formula is C28H25N3O4S. The van der Waals surface area contributed by atoms with Gasteiger partial charge < -0.3 is 19.5 Å². The quantitative estimate of drug-likeness (QED) is 0.221. The molecule has 1 N–H and O–H groups in total. The van der Waals surface area contributed by atoms with E-state index in [1.54, 1.807) is 14.2 Å². The summed E-state index contributed by atoms with van der Waals surface area (Å²) in [6, 6.07) is 21.0. The number of para-hydroxylation sites is 2. The second kappa shape index (κ2) is 10.3. The Labute approximate surface area is 213 Å². The third-order valence-corrected chi connectivity index (χ3v) is 6.81. The normalized spacial score (nSPS) is 11.6. The number of hydrogen-bond acceptors (Lipinski definition) is 7. The number of anilines is 1. The van der Waals surface area contributed by atoms with Crippen LogP contribution in [0.2, 0.25) is 0 Å². The largest absolute Gasteiger partial charge is 0.497 e. The maximum absolute atomic E-state index is 12.8. The van der Waals surface area contributed by atoms with Gasteiger partial charge in [-0.15, -0.1) is 0 Å². The van der Waals surface area contributed by atoms with E-state index in [4.69, 9.17) is 24.2 Å². The van der Waals surface area contributed by atoms with E-state index in [0.29, 0.717) is 34.6 Å². The first kappa shape index (κ1) is 23.7. The van der Waals surface area contributed by atoms with E-state index in [0.717, 1.165) is 33.8 Å². The van der Waals surface area contributed by atoms with E-state index in [2.05, 4.69) is 18.3 Å². The number of amides is 1. The highest BCUT2D eigenvalue weighted by Gasteiger charge is 2.25. The van der Waals surface area contributed by atoms with Crippen LogP contribution < -0.4 is 19.5 Å². The maximum atomic E-state index is 12.8. The predicted octanol–water partition coefficient (Wildman–Crippen LogP) is 5.90. The second-order valence-corrected chi connectivity index (χ2v) is 9.26. The zero-order valence-corrected chi connectivity index (χ0v) is 21.0. The third-order valence-electron chi connectivity index (χ3n) is 5.79. The molecule has 0 radical (unpaired) electrons. The fraction of sp³-hybridized carbons (Fsp3) is 0.179. The number of methoxy groups -OCH3 is 2. The molecular weight excluding hydrogens is 474 g/mol. The monoisotopic (exact) mass is 499 g/mol. The van der Waals surface area contributed by atoms with Crippen molar-refractivity contribution < 1.29 is 19.0 Å². The number of nitrogens with zero attached hydrogens (tertiary/aromatic N) is 2. The average Bonchev–Trinajstić information content (AvgIpc) is 2.91. The summed E-state index contributed by atoms with van der Waals surface area (Å²) in [6.07, 6.45) is 0.631. The van der Waals surface area contributed by atoms with Gasteiger partial charge in [-0.1, -0.05) is 41.6 Å². The number of carbonyl (C=O) groups is 1. The summed E-state index contributed by atoms with van der Waals surface area (Å²) in [5.41, 5.74) is 4.56. The van der Waals surface area contributed by atoms with Crippen molar-refractivity contribution in [3.8, 4) is 34.5 Å². The second-order valence-electron chi connectivity index (χ2n) is 8.29. The maximum Gasteiger partial charge on any atom is 0.234 e. The summed E-state index contributed by atoms with van der Waals surface area (Å²) < 4.78 is 16.8. The molecule has 36 heavy (non-hydrogen) atoms. The molecule has 7 nitrogen and oxygen atoms in total. The van der Waals surface area contributed by atoms with Crippen molar-refractivity contribution in [2.45, 2.75) is 18.4 Å². The Hall–Kier alpha value is -4.04. The van der Waals surface area contributed by atoms with Crippen LogP contribution in [0.5, 0.6) is 23.1 Å². The fourth-order valence-corrected chi connectivity index (χ4v) is 4.80. The predicted molar refractivity (Wildman–Crippen MR) is 140 cm³/mol. The van der Waals surface area contributed by atoms with Gasteiger partial charge in [0.25, 0.3) is 0 Å². The van der Waals surface area contributed by atoms with Gasteiger partial charge in [0.05, 0.1) is 31.2 Å². The number of benzene rings is 3. The molecule has 0 atom stereocenters. The zero-order valence-electron chi connectivity index (χ0n) is 20.2. The van der Waals surface area contributed by atoms with Crippen molar-refractivity contribution in [2.75, 3.05) is 25.3 Å². The number of hydrogen-bond donors (Lipinski definition) is 1. The summed E-state index contributed by atoms with van der Waals surface area (Å²) in [5, 5.41) is 3.64. The smallest absolute Gasteiger partial charge is 0.234 e. The number of ether oxygens (including phenoxy) is 3. The van der Waals surface area contributed by atoms with E-state index >= 15 is 0 Å². The van der Waals surface area contributed by atoms with Crippen LogP contribution in [-0.2, 0) is 11.2 Å². The van der Waals surface area contributed by atoms with Gasteiger partial charge in [0.15, 0.2) is 5.82 Å². The number of fused-ring (bicyclic) bond motifs is 2. The van der Waals surface area contributed by atoms with E-state index in [1.807, 2.05) is 60.7 Å². The highest BCUT2D eigenvalue weighted by atomic mass is 32.2. The van der Waals surface area contributed by atoms with Crippen LogP contribution in [-0.4, -0.2) is 35.8 Å². The SMILES string of the molecule is COc1ccc(-c2nc3c(c(SCC(=O)Nc4ccccc4OC)n2)Cc2cc(C)ccc2O3)cc1. The van der Waals surface area contributed by atoms with Crippen molar-refractivity contribution in [3.05, 3.63) is 83.4 Å². The van der Waals surface area contributed by atoms with Gasteiger partial charge in [0.1, 0.15) is 22.3 Å². The minimum atomic E-state index is -0.157. The number of aromatic nitrogens is 2. The molecule has 0 unspecified atom stereocenters. The van der Waals surface area contributed by atoms with Crippen LogP contribution in [0.4, 0.5) is 5.69 Å². The average molecular weight is 500 g/mol. The molecule has 0 spiro atoms. The van der Waals surface area contributed by atoms with Gasteiger partial charge in [-0.3, -0.25) is 4.79 Å². The number of thioether (sulfide) groups is 1. The molecule has 1 amide bonds. The first-order valence-corrected chi connectivity index (χ1v) is 12.4. The van der Waals surface area contributed by atoms with Crippen LogP contribution in [0.3, 0.4) is 0 Å². The van der Waals surface area contributed by atoms with Crippen LogP contribution >= 0.6 is 11.8 Å². The lowest BCUT2D eigenvalue weighted by Gasteiger charge is -2.22. The van der Waals surface area contributed by atoms with Gasteiger partial charge in [0.2, 0.25) is 11.8 Å². The molecule has 0 saturated heterocycles. The minimum absolute atomic E-state index is 0.157. The molecule has 0 fully saturated rings. The first-order chi connectivity index (χ1) is 17.5. The Morgan fingerprint density at radius 2 is 1.83 bits per heavy atom. The Balaban J connectivity index is 1.45. The first-order valence-electron chi connectivity index (χ1n) is 11.4. The van der Waals surface area contributed by atoms with Crippen molar-refractivity contribution in [1.82, 2.24) is 9.97 Å². The number of rotatable bonds is 7.